The Morgan fingerprint density at radius 1 is 1.39 bits per heavy atom. The molecule has 1 aromatic heterocycles. The Kier molecular flexibility index (Phi) is 6.66. The molecule has 158 valence electrons. The number of nitrogens with one attached hydrogen (secondary N) is 1. The number of amides is 1. The fourth-order valence-corrected chi connectivity index (χ4v) is 2.95. The molecule has 28 heavy (non-hydrogen) atoms. The second kappa shape index (κ2) is 8.44. The highest BCUT2D eigenvalue weighted by Gasteiger charge is 2.56. The summed E-state index contributed by atoms with van der Waals surface area (Å²) in [6, 6.07) is -1.33. The molecule has 0 saturated carbocycles. The van der Waals surface area contributed by atoms with Gasteiger partial charge in [0, 0.05) is 13.3 Å². The predicted octanol–water partition coefficient (Wildman–Crippen LogP) is -4.63. The average molecular weight is 406 g/mol. The van der Waals surface area contributed by atoms with E-state index in [1.807, 2.05) is 0 Å². The van der Waals surface area contributed by atoms with E-state index < -0.39 is 73.1 Å². The van der Waals surface area contributed by atoms with Crippen LogP contribution >= 0.6 is 0 Å². The fourth-order valence-electron chi connectivity index (χ4n) is 2.95. The third-order valence-corrected chi connectivity index (χ3v) is 4.35. The lowest BCUT2D eigenvalue weighted by Crippen LogP contribution is -2.67. The van der Waals surface area contributed by atoms with Crippen LogP contribution in [0.1, 0.15) is 25.3 Å². The minimum Gasteiger partial charge on any atom is -0.478 e. The third-order valence-electron chi connectivity index (χ3n) is 4.35. The van der Waals surface area contributed by atoms with Crippen LogP contribution < -0.4 is 5.32 Å². The zero-order valence-electron chi connectivity index (χ0n) is 14.7. The van der Waals surface area contributed by atoms with E-state index in [0.29, 0.717) is 4.68 Å². The molecule has 0 aliphatic carbocycles. The van der Waals surface area contributed by atoms with Crippen molar-refractivity contribution in [1.82, 2.24) is 20.3 Å². The van der Waals surface area contributed by atoms with Gasteiger partial charge in [0.25, 0.3) is 5.72 Å². The van der Waals surface area contributed by atoms with Crippen molar-refractivity contribution in [1.29, 1.82) is 0 Å². The minimum absolute atomic E-state index is 0.407. The van der Waals surface area contributed by atoms with Crippen molar-refractivity contribution in [3.05, 3.63) is 11.9 Å². The highest BCUT2D eigenvalue weighted by Crippen LogP contribution is 2.36. The van der Waals surface area contributed by atoms with Crippen molar-refractivity contribution in [3.8, 4) is 0 Å². The first-order chi connectivity index (χ1) is 13.0. The maximum Gasteiger partial charge on any atom is 0.359 e. The van der Waals surface area contributed by atoms with Crippen molar-refractivity contribution in [2.24, 2.45) is 0 Å². The lowest BCUT2D eigenvalue weighted by atomic mass is 9.87. The summed E-state index contributed by atoms with van der Waals surface area (Å²) < 4.78 is 6.10. The molecule has 2 rings (SSSR count). The summed E-state index contributed by atoms with van der Waals surface area (Å²) in [6.45, 7) is 0.207. The van der Waals surface area contributed by atoms with Gasteiger partial charge in [-0.05, 0) is 0 Å². The van der Waals surface area contributed by atoms with E-state index in [2.05, 4.69) is 15.6 Å². The summed E-state index contributed by atoms with van der Waals surface area (Å²) in [5.41, 5.74) is -2.87. The summed E-state index contributed by atoms with van der Waals surface area (Å²) in [6.07, 6.45) is -8.82. The molecule has 1 aromatic rings. The monoisotopic (exact) mass is 406 g/mol. The Labute approximate surface area is 157 Å². The standard InChI is InChI=1S/C14H22N4O10/c1-5(20)15-9-7(21)2-14(13(26)27,18-3-6(12(24)25)16-17-18)28-11(9)10(23)8(22)4-19/h3,7-12,19,21-25H,2,4H2,1H3,(H,15,20)(H,26,27)/t7-,8+,9+,10+,11+,14+/m0/s1. The highest BCUT2D eigenvalue weighted by atomic mass is 16.6. The smallest absolute Gasteiger partial charge is 0.359 e. The van der Waals surface area contributed by atoms with Crippen LogP contribution in [-0.2, 0) is 20.1 Å². The van der Waals surface area contributed by atoms with E-state index in [0.717, 1.165) is 13.1 Å². The summed E-state index contributed by atoms with van der Waals surface area (Å²) in [7, 11) is 0. The van der Waals surface area contributed by atoms with Crippen LogP contribution in [0.25, 0.3) is 0 Å². The molecule has 2 heterocycles. The molecule has 0 radical (unpaired) electrons. The Balaban J connectivity index is 2.50. The number of aliphatic hydroxyl groups excluding tert-OH is 5. The maximum atomic E-state index is 12.0. The molecular formula is C14H22N4O10. The number of nitrogens with zero attached hydrogens (tertiary/aromatic N) is 3. The normalized spacial score (nSPS) is 30.1. The van der Waals surface area contributed by atoms with Crippen LogP contribution in [-0.4, -0.2) is 99.7 Å². The number of rotatable bonds is 7. The molecule has 1 aliphatic rings. The summed E-state index contributed by atoms with van der Waals surface area (Å²) in [4.78, 5) is 23.4. The largest absolute Gasteiger partial charge is 0.478 e. The molecule has 1 aliphatic heterocycles. The molecule has 8 N–H and O–H groups in total. The second-order valence-electron chi connectivity index (χ2n) is 6.37. The number of carbonyl (C=O) groups excluding carboxylic acids is 1. The van der Waals surface area contributed by atoms with Gasteiger partial charge in [-0.25, -0.2) is 9.48 Å². The summed E-state index contributed by atoms with van der Waals surface area (Å²) in [5.74, 6) is -2.30. The second-order valence-corrected chi connectivity index (χ2v) is 6.37. The number of ether oxygens (including phenoxy) is 1. The SMILES string of the molecule is CC(=O)N[C@H]1[C@H]([C@H](O)[C@H](O)CO)O[C@](C(=O)O)(n2cc(C(O)O)nn2)C[C@@H]1O. The van der Waals surface area contributed by atoms with Crippen molar-refractivity contribution >= 4 is 11.9 Å². The quantitative estimate of drug-likeness (QED) is 0.200. The number of aromatic nitrogens is 3. The summed E-state index contributed by atoms with van der Waals surface area (Å²) >= 11 is 0. The molecule has 1 fully saturated rings. The Morgan fingerprint density at radius 3 is 2.50 bits per heavy atom. The van der Waals surface area contributed by atoms with Gasteiger partial charge in [0.2, 0.25) is 5.91 Å². The van der Waals surface area contributed by atoms with E-state index in [9.17, 15) is 30.0 Å². The summed E-state index contributed by atoms with van der Waals surface area (Å²) in [5, 5.41) is 76.8. The molecule has 1 saturated heterocycles. The van der Waals surface area contributed by atoms with E-state index in [4.69, 9.17) is 20.1 Å². The zero-order chi connectivity index (χ0) is 21.2. The van der Waals surface area contributed by atoms with Gasteiger partial charge in [-0.1, -0.05) is 5.21 Å². The first-order valence-electron chi connectivity index (χ1n) is 8.15. The number of hydrogen-bond acceptors (Lipinski definition) is 11. The van der Waals surface area contributed by atoms with Gasteiger partial charge < -0.3 is 45.8 Å². The van der Waals surface area contributed by atoms with E-state index in [1.54, 1.807) is 0 Å². The van der Waals surface area contributed by atoms with Gasteiger partial charge in [0.05, 0.1) is 24.9 Å². The minimum atomic E-state index is -2.46. The molecule has 0 aromatic carbocycles. The van der Waals surface area contributed by atoms with Gasteiger partial charge in [-0.15, -0.1) is 5.10 Å². The lowest BCUT2D eigenvalue weighted by molar-refractivity contribution is -0.258. The van der Waals surface area contributed by atoms with E-state index in [1.165, 1.54) is 0 Å². The Morgan fingerprint density at radius 2 is 2.04 bits per heavy atom. The molecule has 1 amide bonds. The first-order valence-corrected chi connectivity index (χ1v) is 8.15. The first kappa shape index (κ1) is 22.1. The van der Waals surface area contributed by atoms with Crippen LogP contribution in [0.4, 0.5) is 0 Å². The highest BCUT2D eigenvalue weighted by molar-refractivity contribution is 5.76. The van der Waals surface area contributed by atoms with E-state index >= 15 is 0 Å². The van der Waals surface area contributed by atoms with Crippen LogP contribution in [0.2, 0.25) is 0 Å². The Hall–Kier alpha value is -2.20. The maximum absolute atomic E-state index is 12.0. The van der Waals surface area contributed by atoms with Crippen molar-refractivity contribution in [2.75, 3.05) is 6.61 Å². The molecule has 0 unspecified atom stereocenters. The van der Waals surface area contributed by atoms with Gasteiger partial charge >= 0.3 is 5.97 Å². The molecular weight excluding hydrogens is 384 g/mol. The average Bonchev–Trinajstić information content (AvgIpc) is 3.12. The molecule has 14 nitrogen and oxygen atoms in total. The molecule has 6 atom stereocenters. The van der Waals surface area contributed by atoms with Crippen LogP contribution in [0.5, 0.6) is 0 Å². The predicted molar refractivity (Wildman–Crippen MR) is 85.0 cm³/mol. The topological polar surface area (TPSA) is 228 Å². The zero-order valence-corrected chi connectivity index (χ0v) is 14.7. The number of aliphatic hydroxyl groups is 6. The van der Waals surface area contributed by atoms with Crippen molar-refractivity contribution < 1.29 is 50.1 Å². The van der Waals surface area contributed by atoms with Gasteiger partial charge in [-0.2, -0.15) is 0 Å². The number of carboxylic acids is 1. The molecule has 0 spiro atoms. The number of hydrogen-bond donors (Lipinski definition) is 8. The van der Waals surface area contributed by atoms with Gasteiger partial charge in [-0.3, -0.25) is 4.79 Å². The fraction of sp³-hybridized carbons (Fsp3) is 0.714. The lowest BCUT2D eigenvalue weighted by Gasteiger charge is -2.46. The molecule has 0 bridgehead atoms. The van der Waals surface area contributed by atoms with E-state index in [-0.39, 0.29) is 0 Å². The van der Waals surface area contributed by atoms with Crippen LogP contribution in [0.15, 0.2) is 6.20 Å². The third kappa shape index (κ3) is 4.12. The van der Waals surface area contributed by atoms with Crippen LogP contribution in [0, 0.1) is 0 Å². The van der Waals surface area contributed by atoms with Gasteiger partial charge in [0.15, 0.2) is 6.29 Å². The van der Waals surface area contributed by atoms with Crippen molar-refractivity contribution in [3.63, 3.8) is 0 Å². The van der Waals surface area contributed by atoms with Crippen LogP contribution in [0.3, 0.4) is 0 Å². The number of aliphatic carboxylic acids is 1. The number of carbonyl (C=O) groups is 2. The van der Waals surface area contributed by atoms with Gasteiger partial charge in [0.1, 0.15) is 24.0 Å². The number of carboxylic acid groups (broad SMARTS) is 1. The Bertz CT molecular complexity index is 712. The molecule has 14 heteroatoms. The van der Waals surface area contributed by atoms with Crippen molar-refractivity contribution in [2.45, 2.75) is 55.8 Å².